The van der Waals surface area contributed by atoms with Crippen molar-refractivity contribution < 1.29 is 9.00 Å². The summed E-state index contributed by atoms with van der Waals surface area (Å²) in [6.45, 7) is 1.97. The molecule has 3 N–H and O–H groups in total. The third-order valence-corrected chi connectivity index (χ3v) is 5.09. The summed E-state index contributed by atoms with van der Waals surface area (Å²) in [6.07, 6.45) is 0. The summed E-state index contributed by atoms with van der Waals surface area (Å²) >= 11 is 3.31. The van der Waals surface area contributed by atoms with Gasteiger partial charge in [0.1, 0.15) is 5.75 Å². The molecule has 6 heteroatoms. The SMILES string of the molecule is Cc1ccc(NC(=O)CS(=O)c2ccc(N)cc2Br)cc1. The van der Waals surface area contributed by atoms with Crippen LogP contribution >= 0.6 is 15.9 Å². The van der Waals surface area contributed by atoms with Gasteiger partial charge in [-0.25, -0.2) is 0 Å². The molecule has 2 rings (SSSR count). The molecule has 0 heterocycles. The van der Waals surface area contributed by atoms with Gasteiger partial charge in [-0.15, -0.1) is 0 Å². The second-order valence-corrected chi connectivity index (χ2v) is 6.87. The van der Waals surface area contributed by atoms with Crippen LogP contribution in [-0.2, 0) is 15.6 Å². The van der Waals surface area contributed by atoms with E-state index >= 15 is 0 Å². The summed E-state index contributed by atoms with van der Waals surface area (Å²) in [5.74, 6) is -0.392. The number of nitrogen functional groups attached to an aromatic ring is 1. The number of nitrogens with one attached hydrogen (secondary N) is 1. The number of hydrogen-bond donors (Lipinski definition) is 2. The van der Waals surface area contributed by atoms with Crippen molar-refractivity contribution >= 4 is 44.0 Å². The molecular weight excluding hydrogens is 352 g/mol. The maximum absolute atomic E-state index is 12.2. The van der Waals surface area contributed by atoms with Crippen LogP contribution in [0.4, 0.5) is 11.4 Å². The van der Waals surface area contributed by atoms with E-state index in [1.807, 2.05) is 31.2 Å². The van der Waals surface area contributed by atoms with E-state index in [0.29, 0.717) is 20.7 Å². The maximum Gasteiger partial charge on any atom is 0.237 e. The number of nitrogens with two attached hydrogens (primary N) is 1. The van der Waals surface area contributed by atoms with Gasteiger partial charge < -0.3 is 11.1 Å². The lowest BCUT2D eigenvalue weighted by Crippen LogP contribution is -2.19. The summed E-state index contributed by atoms with van der Waals surface area (Å²) in [4.78, 5) is 12.5. The van der Waals surface area contributed by atoms with E-state index in [1.54, 1.807) is 18.2 Å². The molecule has 0 bridgehead atoms. The Kier molecular flexibility index (Phi) is 5.14. The Bertz CT molecular complexity index is 687. The van der Waals surface area contributed by atoms with Crippen molar-refractivity contribution in [1.29, 1.82) is 0 Å². The molecule has 0 saturated carbocycles. The van der Waals surface area contributed by atoms with Crippen LogP contribution < -0.4 is 11.1 Å². The van der Waals surface area contributed by atoms with Crippen molar-refractivity contribution in [3.63, 3.8) is 0 Å². The van der Waals surface area contributed by atoms with Crippen molar-refractivity contribution in [2.24, 2.45) is 0 Å². The predicted molar refractivity (Wildman–Crippen MR) is 89.6 cm³/mol. The van der Waals surface area contributed by atoms with Crippen LogP contribution in [0, 0.1) is 6.92 Å². The fourth-order valence-corrected chi connectivity index (χ4v) is 3.63. The topological polar surface area (TPSA) is 72.2 Å². The fraction of sp³-hybridized carbons (Fsp3) is 0.133. The largest absolute Gasteiger partial charge is 0.399 e. The van der Waals surface area contributed by atoms with Gasteiger partial charge in [-0.3, -0.25) is 9.00 Å². The minimum absolute atomic E-state index is 0.101. The summed E-state index contributed by atoms with van der Waals surface area (Å²) in [7, 11) is -1.43. The van der Waals surface area contributed by atoms with Crippen molar-refractivity contribution in [3.8, 4) is 0 Å². The quantitative estimate of drug-likeness (QED) is 0.816. The van der Waals surface area contributed by atoms with E-state index in [1.165, 1.54) is 0 Å². The number of rotatable bonds is 4. The number of anilines is 2. The van der Waals surface area contributed by atoms with Crippen molar-refractivity contribution in [3.05, 3.63) is 52.5 Å². The average Bonchev–Trinajstić information content (AvgIpc) is 2.41. The van der Waals surface area contributed by atoms with Crippen LogP contribution in [0.25, 0.3) is 0 Å². The van der Waals surface area contributed by atoms with E-state index in [4.69, 9.17) is 5.73 Å². The molecule has 0 aliphatic heterocycles. The molecule has 2 aromatic rings. The molecule has 4 nitrogen and oxygen atoms in total. The summed E-state index contributed by atoms with van der Waals surface area (Å²) in [6, 6.07) is 12.4. The zero-order valence-electron chi connectivity index (χ0n) is 11.4. The molecule has 0 radical (unpaired) electrons. The third-order valence-electron chi connectivity index (χ3n) is 2.80. The smallest absolute Gasteiger partial charge is 0.237 e. The number of carbonyl (C=O) groups excluding carboxylic acids is 1. The molecule has 0 saturated heterocycles. The molecule has 1 unspecified atom stereocenters. The molecule has 0 fully saturated rings. The van der Waals surface area contributed by atoms with Crippen molar-refractivity contribution in [2.45, 2.75) is 11.8 Å². The van der Waals surface area contributed by atoms with Gasteiger partial charge in [0.25, 0.3) is 0 Å². The van der Waals surface area contributed by atoms with Gasteiger partial charge in [0, 0.05) is 15.8 Å². The monoisotopic (exact) mass is 366 g/mol. The van der Waals surface area contributed by atoms with Crippen LogP contribution in [0.3, 0.4) is 0 Å². The normalized spacial score (nSPS) is 11.9. The highest BCUT2D eigenvalue weighted by atomic mass is 79.9. The molecule has 2 aromatic carbocycles. The highest BCUT2D eigenvalue weighted by Gasteiger charge is 2.13. The number of carbonyl (C=O) groups is 1. The van der Waals surface area contributed by atoms with Gasteiger partial charge in [0.2, 0.25) is 5.91 Å². The predicted octanol–water partition coefficient (Wildman–Crippen LogP) is 3.09. The highest BCUT2D eigenvalue weighted by Crippen LogP contribution is 2.23. The fourth-order valence-electron chi connectivity index (χ4n) is 1.73. The number of hydrogen-bond acceptors (Lipinski definition) is 3. The molecule has 0 aromatic heterocycles. The number of benzene rings is 2. The lowest BCUT2D eigenvalue weighted by Gasteiger charge is -2.07. The van der Waals surface area contributed by atoms with E-state index < -0.39 is 10.8 Å². The summed E-state index contributed by atoms with van der Waals surface area (Å²) in [5.41, 5.74) is 8.02. The van der Waals surface area contributed by atoms with Gasteiger partial charge in [0.05, 0.1) is 15.7 Å². The van der Waals surface area contributed by atoms with Crippen LogP contribution in [0.2, 0.25) is 0 Å². The molecular formula is C15H15BrN2O2S. The molecule has 0 spiro atoms. The Morgan fingerprint density at radius 3 is 2.52 bits per heavy atom. The lowest BCUT2D eigenvalue weighted by atomic mass is 10.2. The zero-order chi connectivity index (χ0) is 15.4. The Morgan fingerprint density at radius 1 is 1.24 bits per heavy atom. The summed E-state index contributed by atoms with van der Waals surface area (Å²) < 4.78 is 12.9. The number of halogens is 1. The van der Waals surface area contributed by atoms with E-state index in [0.717, 1.165) is 5.56 Å². The first-order valence-electron chi connectivity index (χ1n) is 6.25. The zero-order valence-corrected chi connectivity index (χ0v) is 13.8. The molecule has 110 valence electrons. The van der Waals surface area contributed by atoms with Gasteiger partial charge in [0.15, 0.2) is 0 Å². The van der Waals surface area contributed by atoms with Gasteiger partial charge in [-0.1, -0.05) is 17.7 Å². The lowest BCUT2D eigenvalue weighted by molar-refractivity contribution is -0.113. The Hall–Kier alpha value is -1.66. The number of aryl methyl sites for hydroxylation is 1. The van der Waals surface area contributed by atoms with E-state index in [2.05, 4.69) is 21.2 Å². The second-order valence-electron chi connectivity index (χ2n) is 4.59. The highest BCUT2D eigenvalue weighted by molar-refractivity contribution is 9.10. The standard InChI is InChI=1S/C15H15BrN2O2S/c1-10-2-5-12(6-3-10)18-15(19)9-21(20)14-7-4-11(17)8-13(14)16/h2-8H,9,17H2,1H3,(H,18,19). The first-order valence-corrected chi connectivity index (χ1v) is 8.37. The minimum Gasteiger partial charge on any atom is -0.399 e. The van der Waals surface area contributed by atoms with E-state index in [-0.39, 0.29) is 11.7 Å². The van der Waals surface area contributed by atoms with Gasteiger partial charge in [-0.2, -0.15) is 0 Å². The van der Waals surface area contributed by atoms with Crippen LogP contribution in [0.15, 0.2) is 51.8 Å². The molecule has 21 heavy (non-hydrogen) atoms. The van der Waals surface area contributed by atoms with E-state index in [9.17, 15) is 9.00 Å². The molecule has 1 atom stereocenters. The first kappa shape index (κ1) is 15.7. The Balaban J connectivity index is 2.02. The average molecular weight is 367 g/mol. The van der Waals surface area contributed by atoms with Gasteiger partial charge >= 0.3 is 0 Å². The van der Waals surface area contributed by atoms with Crippen LogP contribution in [-0.4, -0.2) is 15.9 Å². The second kappa shape index (κ2) is 6.87. The van der Waals surface area contributed by atoms with Crippen molar-refractivity contribution in [1.82, 2.24) is 0 Å². The molecule has 0 aliphatic rings. The minimum atomic E-state index is -1.43. The molecule has 1 amide bonds. The van der Waals surface area contributed by atoms with Crippen LogP contribution in [0.5, 0.6) is 0 Å². The summed E-state index contributed by atoms with van der Waals surface area (Å²) in [5, 5.41) is 2.73. The maximum atomic E-state index is 12.2. The van der Waals surface area contributed by atoms with Crippen LogP contribution in [0.1, 0.15) is 5.56 Å². The first-order chi connectivity index (χ1) is 9.95. The van der Waals surface area contributed by atoms with Gasteiger partial charge in [-0.05, 0) is 53.2 Å². The Morgan fingerprint density at radius 2 is 1.90 bits per heavy atom. The van der Waals surface area contributed by atoms with Crippen molar-refractivity contribution in [2.75, 3.05) is 16.8 Å². The third kappa shape index (κ3) is 4.41. The Labute approximate surface area is 134 Å². The molecule has 0 aliphatic carbocycles. The number of amides is 1.